The van der Waals surface area contributed by atoms with Gasteiger partial charge in [0.2, 0.25) is 11.8 Å². The maximum absolute atomic E-state index is 13.4. The van der Waals surface area contributed by atoms with Crippen LogP contribution in [0.15, 0.2) is 30.5 Å². The number of amides is 2. The number of halogens is 1. The van der Waals surface area contributed by atoms with Gasteiger partial charge in [0.05, 0.1) is 11.2 Å². The number of benzene rings is 1. The van der Waals surface area contributed by atoms with E-state index < -0.39 is 6.04 Å². The summed E-state index contributed by atoms with van der Waals surface area (Å²) in [6.45, 7) is 9.20. The lowest BCUT2D eigenvalue weighted by molar-refractivity contribution is -0.125. The van der Waals surface area contributed by atoms with E-state index in [1.807, 2.05) is 27.7 Å². The number of hydrogen-bond acceptors (Lipinski definition) is 3. The molecule has 0 aliphatic carbocycles. The van der Waals surface area contributed by atoms with E-state index >= 15 is 0 Å². The minimum atomic E-state index is -0.792. The number of fused-ring (bicyclic) bond motifs is 1. The molecule has 7 nitrogen and oxygen atoms in total. The van der Waals surface area contributed by atoms with E-state index in [1.165, 1.54) is 19.1 Å². The fourth-order valence-electron chi connectivity index (χ4n) is 3.32. The van der Waals surface area contributed by atoms with E-state index in [0.717, 1.165) is 16.6 Å². The normalized spacial score (nSPS) is 12.8. The van der Waals surface area contributed by atoms with Crippen LogP contribution in [0, 0.1) is 12.7 Å². The molecule has 0 radical (unpaired) electrons. The minimum absolute atomic E-state index is 0.264. The number of H-pyrrole nitrogens is 1. The first-order valence-corrected chi connectivity index (χ1v) is 9.45. The lowest BCUT2D eigenvalue weighted by atomic mass is 10.0. The summed E-state index contributed by atoms with van der Waals surface area (Å²) < 4.78 is 15.2. The van der Waals surface area contributed by atoms with Gasteiger partial charge in [-0.25, -0.2) is 9.07 Å². The topological polar surface area (TPSA) is 91.8 Å². The van der Waals surface area contributed by atoms with Crippen LogP contribution in [-0.2, 0) is 21.5 Å². The fourth-order valence-corrected chi connectivity index (χ4v) is 3.32. The molecule has 154 valence electrons. The second-order valence-corrected chi connectivity index (χ2v) is 8.20. The standard InChI is InChI=1S/C21H26FN5O2/c1-12-8-19(27(26-12)21(3,4)5)25-20(29)18(24-13(2)28)9-14-11-23-17-10-15(22)6-7-16(14)17/h6-8,10-11,18,23H,9H2,1-5H3,(H,24,28)(H,25,29). The molecule has 3 aromatic rings. The number of hydrogen-bond donors (Lipinski definition) is 3. The summed E-state index contributed by atoms with van der Waals surface area (Å²) in [5.41, 5.74) is 1.92. The van der Waals surface area contributed by atoms with E-state index in [1.54, 1.807) is 23.0 Å². The van der Waals surface area contributed by atoms with Crippen molar-refractivity contribution in [2.45, 2.75) is 52.6 Å². The molecule has 0 bridgehead atoms. The Morgan fingerprint density at radius 3 is 2.66 bits per heavy atom. The van der Waals surface area contributed by atoms with Gasteiger partial charge < -0.3 is 15.6 Å². The lowest BCUT2D eigenvalue weighted by Crippen LogP contribution is -2.45. The zero-order valence-corrected chi connectivity index (χ0v) is 17.3. The molecule has 2 heterocycles. The molecular formula is C21H26FN5O2. The van der Waals surface area contributed by atoms with Crippen LogP contribution in [0.2, 0.25) is 0 Å². The van der Waals surface area contributed by atoms with Crippen molar-refractivity contribution >= 4 is 28.5 Å². The second-order valence-electron chi connectivity index (χ2n) is 8.20. The van der Waals surface area contributed by atoms with Gasteiger partial charge in [0, 0.05) is 36.5 Å². The summed E-state index contributed by atoms with van der Waals surface area (Å²) >= 11 is 0. The van der Waals surface area contributed by atoms with Crippen molar-refractivity contribution in [3.8, 4) is 0 Å². The summed E-state index contributed by atoms with van der Waals surface area (Å²) in [5.74, 6) is -0.428. The summed E-state index contributed by atoms with van der Waals surface area (Å²) in [5, 5.41) is 10.9. The molecule has 0 aliphatic heterocycles. The van der Waals surface area contributed by atoms with Crippen molar-refractivity contribution in [1.29, 1.82) is 0 Å². The van der Waals surface area contributed by atoms with Crippen LogP contribution < -0.4 is 10.6 Å². The monoisotopic (exact) mass is 399 g/mol. The van der Waals surface area contributed by atoms with Crippen LogP contribution in [-0.4, -0.2) is 32.6 Å². The molecule has 1 unspecified atom stereocenters. The zero-order chi connectivity index (χ0) is 21.3. The number of nitrogens with zero attached hydrogens (tertiary/aromatic N) is 2. The average Bonchev–Trinajstić information content (AvgIpc) is 3.16. The molecular weight excluding hydrogens is 373 g/mol. The zero-order valence-electron chi connectivity index (χ0n) is 17.3. The minimum Gasteiger partial charge on any atom is -0.361 e. The van der Waals surface area contributed by atoms with Crippen molar-refractivity contribution in [3.63, 3.8) is 0 Å². The molecule has 3 N–H and O–H groups in total. The van der Waals surface area contributed by atoms with Crippen LogP contribution >= 0.6 is 0 Å². The maximum Gasteiger partial charge on any atom is 0.248 e. The third kappa shape index (κ3) is 4.64. The number of carbonyl (C=O) groups is 2. The Hall–Kier alpha value is -3.16. The molecule has 8 heteroatoms. The number of nitrogens with one attached hydrogen (secondary N) is 3. The number of aryl methyl sites for hydroxylation is 1. The van der Waals surface area contributed by atoms with Gasteiger partial charge in [-0.1, -0.05) is 0 Å². The first kappa shape index (κ1) is 20.6. The van der Waals surface area contributed by atoms with Crippen molar-refractivity contribution in [2.24, 2.45) is 0 Å². The van der Waals surface area contributed by atoms with E-state index in [-0.39, 0.29) is 29.6 Å². The molecule has 3 rings (SSSR count). The van der Waals surface area contributed by atoms with Crippen molar-refractivity contribution in [2.75, 3.05) is 5.32 Å². The van der Waals surface area contributed by atoms with E-state index in [2.05, 4.69) is 20.7 Å². The second kappa shape index (κ2) is 7.69. The van der Waals surface area contributed by atoms with Gasteiger partial charge in [0.1, 0.15) is 17.7 Å². The Labute approximate surface area is 168 Å². The SMILES string of the molecule is CC(=O)NC(Cc1c[nH]c2cc(F)ccc12)C(=O)Nc1cc(C)nn1C(C)(C)C. The van der Waals surface area contributed by atoms with Crippen LogP contribution in [0.25, 0.3) is 10.9 Å². The number of aromatic nitrogens is 3. The highest BCUT2D eigenvalue weighted by atomic mass is 19.1. The van der Waals surface area contributed by atoms with Gasteiger partial charge in [0.25, 0.3) is 0 Å². The number of rotatable bonds is 5. The predicted molar refractivity (Wildman–Crippen MR) is 110 cm³/mol. The Bertz CT molecular complexity index is 1060. The van der Waals surface area contributed by atoms with E-state index in [9.17, 15) is 14.0 Å². The Morgan fingerprint density at radius 2 is 2.00 bits per heavy atom. The van der Waals surface area contributed by atoms with Crippen LogP contribution in [0.5, 0.6) is 0 Å². The third-order valence-electron chi connectivity index (χ3n) is 4.57. The van der Waals surface area contributed by atoms with E-state index in [0.29, 0.717) is 11.3 Å². The highest BCUT2D eigenvalue weighted by Crippen LogP contribution is 2.23. The van der Waals surface area contributed by atoms with Crippen LogP contribution in [0.1, 0.15) is 39.0 Å². The highest BCUT2D eigenvalue weighted by Gasteiger charge is 2.25. The largest absolute Gasteiger partial charge is 0.361 e. The van der Waals surface area contributed by atoms with Gasteiger partial charge >= 0.3 is 0 Å². The summed E-state index contributed by atoms with van der Waals surface area (Å²) in [6, 6.07) is 5.44. The van der Waals surface area contributed by atoms with Gasteiger partial charge in [-0.2, -0.15) is 5.10 Å². The third-order valence-corrected chi connectivity index (χ3v) is 4.57. The first-order chi connectivity index (χ1) is 13.5. The molecule has 2 amide bonds. The molecule has 0 aliphatic rings. The molecule has 0 spiro atoms. The molecule has 0 saturated heterocycles. The summed E-state index contributed by atoms with van der Waals surface area (Å²) in [7, 11) is 0. The van der Waals surface area contributed by atoms with E-state index in [4.69, 9.17) is 0 Å². The molecule has 0 saturated carbocycles. The van der Waals surface area contributed by atoms with Gasteiger partial charge in [-0.3, -0.25) is 9.59 Å². The Morgan fingerprint density at radius 1 is 1.28 bits per heavy atom. The summed E-state index contributed by atoms with van der Waals surface area (Å²) in [4.78, 5) is 27.7. The Balaban J connectivity index is 1.87. The smallest absolute Gasteiger partial charge is 0.248 e. The quantitative estimate of drug-likeness (QED) is 0.615. The molecule has 29 heavy (non-hydrogen) atoms. The maximum atomic E-state index is 13.4. The molecule has 2 aromatic heterocycles. The van der Waals surface area contributed by atoms with Crippen molar-refractivity contribution in [3.05, 3.63) is 47.5 Å². The number of aromatic amines is 1. The van der Waals surface area contributed by atoms with Gasteiger partial charge in [-0.15, -0.1) is 0 Å². The van der Waals surface area contributed by atoms with Crippen molar-refractivity contribution in [1.82, 2.24) is 20.1 Å². The number of anilines is 1. The molecule has 0 fully saturated rings. The molecule has 1 atom stereocenters. The van der Waals surface area contributed by atoms with Gasteiger partial charge in [0.15, 0.2) is 0 Å². The first-order valence-electron chi connectivity index (χ1n) is 9.45. The molecule has 1 aromatic carbocycles. The number of carbonyl (C=O) groups excluding carboxylic acids is 2. The lowest BCUT2D eigenvalue weighted by Gasteiger charge is -2.24. The van der Waals surface area contributed by atoms with Crippen LogP contribution in [0.3, 0.4) is 0 Å². The fraction of sp³-hybridized carbons (Fsp3) is 0.381. The van der Waals surface area contributed by atoms with Crippen molar-refractivity contribution < 1.29 is 14.0 Å². The average molecular weight is 399 g/mol. The van der Waals surface area contributed by atoms with Gasteiger partial charge in [-0.05, 0) is 51.5 Å². The highest BCUT2D eigenvalue weighted by molar-refractivity contribution is 5.97. The predicted octanol–water partition coefficient (Wildman–Crippen LogP) is 3.25. The summed E-state index contributed by atoms with van der Waals surface area (Å²) in [6.07, 6.45) is 2.00. The Kier molecular flexibility index (Phi) is 5.46. The van der Waals surface area contributed by atoms with Crippen LogP contribution in [0.4, 0.5) is 10.2 Å².